The second-order valence-corrected chi connectivity index (χ2v) is 16.4. The fraction of sp³-hybridized carbons (Fsp3) is 0.396. The van der Waals surface area contributed by atoms with Gasteiger partial charge in [0.25, 0.3) is 0 Å². The number of esters is 2. The van der Waals surface area contributed by atoms with Gasteiger partial charge < -0.3 is 83.0 Å². The summed E-state index contributed by atoms with van der Waals surface area (Å²) in [7, 11) is 9.10. The molecule has 1 aromatic heterocycles. The number of hydrogen-bond acceptors (Lipinski definition) is 15. The number of aromatic hydroxyl groups is 3. The van der Waals surface area contributed by atoms with E-state index in [1.165, 1.54) is 63.3 Å². The Kier molecular flexibility index (Phi) is 17.2. The number of hydrogen-bond donors (Lipinski definition) is 4. The second-order valence-electron chi connectivity index (χ2n) is 16.4. The van der Waals surface area contributed by atoms with E-state index in [1.54, 1.807) is 38.5 Å². The van der Waals surface area contributed by atoms with Crippen LogP contribution in [0.1, 0.15) is 68.9 Å². The smallest absolute Gasteiger partial charge is 1.00 e. The molecule has 0 unspecified atom stereocenters. The van der Waals surface area contributed by atoms with E-state index < -0.39 is 30.2 Å². The van der Waals surface area contributed by atoms with Crippen LogP contribution in [0.15, 0.2) is 66.7 Å². The summed E-state index contributed by atoms with van der Waals surface area (Å²) in [4.78, 5) is 45.2. The maximum absolute atomic E-state index is 13.5. The number of nitrogens with zero attached hydrogens (tertiary/aromatic N) is 1. The van der Waals surface area contributed by atoms with Crippen LogP contribution in [0.2, 0.25) is 0 Å². The van der Waals surface area contributed by atoms with Crippen LogP contribution in [-0.2, 0) is 41.9 Å². The normalized spacial score (nSPS) is 22.4. The predicted molar refractivity (Wildman–Crippen MR) is 231 cm³/mol. The van der Waals surface area contributed by atoms with Crippen LogP contribution in [0.4, 0.5) is 0 Å². The number of halogens is 2. The number of benzene rings is 4. The van der Waals surface area contributed by atoms with Gasteiger partial charge in [-0.05, 0) is 78.6 Å². The van der Waals surface area contributed by atoms with Crippen LogP contribution in [0.3, 0.4) is 0 Å². The first-order valence-electron chi connectivity index (χ1n) is 21.0. The van der Waals surface area contributed by atoms with Crippen molar-refractivity contribution in [2.75, 3.05) is 55.7 Å². The number of nitrogens with one attached hydrogen (secondary N) is 1. The Bertz CT molecular complexity index is 2550. The predicted octanol–water partition coefficient (Wildman–Crippen LogP) is 0.687. The standard InChI is InChI=1S/C33H40N2O9.C15H12O5.2ClH.Ni/c1-38-19-7-8-20-21-9-10-35-16-18-13-27(44-32(36)17-11-25(39-2)30(41-4)26(12-17)40-3)31(42-5)28(33(37)43-6)22(18)15-24(35)29(21)34-23(20)14-19;16-9-3-1-8(2-4-9)13-7-12(19)15-11(18)5-10(17)6-14(15)20-13;;;/h7-8,11-12,14,18,22,24,27-28,31,34H,9-10,13,15-16H2,1-6H3;1-6,13,16-18H,7H2;2*1H;/q;;;;+2/p-2/t18-,22+,24-,27-,28+,31+;13-;;;/m10.../s1. The number of aromatic nitrogens is 1. The molecule has 2 fully saturated rings. The van der Waals surface area contributed by atoms with Gasteiger partial charge in [0.1, 0.15) is 52.6 Å². The molecule has 7 atom stereocenters. The monoisotopic (exact) mass is 1010 g/mol. The third-order valence-corrected chi connectivity index (χ3v) is 13.0. The van der Waals surface area contributed by atoms with E-state index in [9.17, 15) is 29.7 Å². The van der Waals surface area contributed by atoms with Crippen LogP contribution in [0, 0.1) is 17.8 Å². The fourth-order valence-electron chi connectivity index (χ4n) is 10.1. The molecule has 3 aliphatic heterocycles. The molecule has 4 aromatic carbocycles. The van der Waals surface area contributed by atoms with E-state index in [1.807, 2.05) is 12.1 Å². The summed E-state index contributed by atoms with van der Waals surface area (Å²) in [5.74, 6) is 0.0377. The molecule has 0 spiro atoms. The van der Waals surface area contributed by atoms with Gasteiger partial charge in [0.15, 0.2) is 17.3 Å². The molecule has 0 bridgehead atoms. The molecule has 4 N–H and O–H groups in total. The van der Waals surface area contributed by atoms with E-state index in [0.29, 0.717) is 23.7 Å². The molecule has 16 nitrogen and oxygen atoms in total. The third-order valence-electron chi connectivity index (χ3n) is 13.0. The number of Topliss-reactive ketones (excluding diaryl/α,β-unsaturated/α-hetero) is 1. The molecular formula is C48H52Cl2N2NiO14. The van der Waals surface area contributed by atoms with Crippen molar-refractivity contribution in [1.29, 1.82) is 0 Å². The molecule has 0 amide bonds. The topological polar surface area (TPSA) is 205 Å². The van der Waals surface area contributed by atoms with Crippen molar-refractivity contribution in [2.45, 2.75) is 50.0 Å². The third kappa shape index (κ3) is 10.2. The minimum atomic E-state index is -0.670. The van der Waals surface area contributed by atoms with E-state index in [4.69, 9.17) is 37.9 Å². The van der Waals surface area contributed by atoms with Crippen molar-refractivity contribution in [2.24, 2.45) is 17.8 Å². The number of carbonyl (C=O) groups excluding carboxylic acids is 3. The molecule has 362 valence electrons. The molecule has 4 heterocycles. The summed E-state index contributed by atoms with van der Waals surface area (Å²) in [6, 6.07) is 18.2. The average Bonchev–Trinajstić information content (AvgIpc) is 3.68. The van der Waals surface area contributed by atoms with Crippen molar-refractivity contribution in [3.05, 3.63) is 94.7 Å². The Balaban J connectivity index is 0.000000307. The second kappa shape index (κ2) is 22.0. The quantitative estimate of drug-likeness (QED) is 0.119. The molecule has 67 heavy (non-hydrogen) atoms. The van der Waals surface area contributed by atoms with Gasteiger partial charge in [-0.3, -0.25) is 14.5 Å². The van der Waals surface area contributed by atoms with Gasteiger partial charge in [0, 0.05) is 55.0 Å². The first-order chi connectivity index (χ1) is 30.9. The van der Waals surface area contributed by atoms with E-state index in [2.05, 4.69) is 16.0 Å². The van der Waals surface area contributed by atoms with Crippen molar-refractivity contribution in [3.63, 3.8) is 0 Å². The van der Waals surface area contributed by atoms with Gasteiger partial charge in [-0.15, -0.1) is 0 Å². The Morgan fingerprint density at radius 3 is 2.15 bits per heavy atom. The zero-order valence-electron chi connectivity index (χ0n) is 37.5. The van der Waals surface area contributed by atoms with Crippen LogP contribution in [0.25, 0.3) is 10.9 Å². The van der Waals surface area contributed by atoms with Crippen molar-refractivity contribution < 1.29 is 109 Å². The van der Waals surface area contributed by atoms with Gasteiger partial charge in [-0.25, -0.2) is 4.79 Å². The zero-order chi connectivity index (χ0) is 45.4. The van der Waals surface area contributed by atoms with Gasteiger partial charge in [-0.1, -0.05) is 12.1 Å². The van der Waals surface area contributed by atoms with Crippen LogP contribution in [0.5, 0.6) is 46.0 Å². The molecular weight excluding hydrogens is 958 g/mol. The number of phenols is 3. The number of piperidine rings is 1. The number of ether oxygens (including phenoxy) is 8. The van der Waals surface area contributed by atoms with Crippen molar-refractivity contribution >= 4 is 28.6 Å². The Labute approximate surface area is 409 Å². The number of ketones is 1. The first kappa shape index (κ1) is 52.4. The van der Waals surface area contributed by atoms with Crippen LogP contribution in [-0.4, -0.2) is 111 Å². The van der Waals surface area contributed by atoms with Gasteiger partial charge >= 0.3 is 28.4 Å². The summed E-state index contributed by atoms with van der Waals surface area (Å²) < 4.78 is 44.8. The van der Waals surface area contributed by atoms with Gasteiger partial charge in [0.2, 0.25) is 5.75 Å². The van der Waals surface area contributed by atoms with Crippen molar-refractivity contribution in [3.8, 4) is 46.0 Å². The number of carbonyl (C=O) groups is 3. The zero-order valence-corrected chi connectivity index (χ0v) is 40.0. The number of rotatable bonds is 9. The minimum Gasteiger partial charge on any atom is -1.00 e. The first-order valence-corrected chi connectivity index (χ1v) is 21.0. The molecule has 19 heteroatoms. The van der Waals surface area contributed by atoms with Gasteiger partial charge in [-0.2, -0.15) is 0 Å². The fourth-order valence-corrected chi connectivity index (χ4v) is 10.1. The summed E-state index contributed by atoms with van der Waals surface area (Å²) in [5, 5.41) is 29.6. The minimum absolute atomic E-state index is 0. The van der Waals surface area contributed by atoms with Crippen molar-refractivity contribution in [1.82, 2.24) is 9.88 Å². The summed E-state index contributed by atoms with van der Waals surface area (Å²) >= 11 is 0. The molecule has 1 saturated heterocycles. The van der Waals surface area contributed by atoms with Crippen LogP contribution >= 0.6 is 0 Å². The SMILES string of the molecule is COC(=O)[C@H]1[C@H]2C[C@@H]3c4[nH]c5cc(OC)ccc5c4CCN3C[C@H]2C[C@@H](OC(=O)c2cc(OC)c(OC)c(OC)c2)[C@@H]1OC.O=C1C[C@@H](c2ccc(O)cc2)Oc2cc(O)cc(O)c21.[Cl-].[Cl-].[Ni+2]. The molecule has 9 rings (SSSR count). The van der Waals surface area contributed by atoms with E-state index in [0.717, 1.165) is 48.8 Å². The molecule has 1 aliphatic carbocycles. The Morgan fingerprint density at radius 1 is 0.821 bits per heavy atom. The summed E-state index contributed by atoms with van der Waals surface area (Å²) in [6.07, 6.45) is 0.510. The van der Waals surface area contributed by atoms with Crippen LogP contribution < -0.4 is 48.5 Å². The summed E-state index contributed by atoms with van der Waals surface area (Å²) in [6.45, 7) is 1.68. The number of phenolic OH excluding ortho intramolecular Hbond substituents is 3. The molecule has 5 aromatic rings. The maximum atomic E-state index is 13.5. The average molecular weight is 1010 g/mol. The molecule has 1 saturated carbocycles. The van der Waals surface area contributed by atoms with E-state index >= 15 is 0 Å². The Morgan fingerprint density at radius 2 is 1.52 bits per heavy atom. The largest absolute Gasteiger partial charge is 2.00 e. The van der Waals surface area contributed by atoms with Gasteiger partial charge in [0.05, 0.1) is 59.5 Å². The maximum Gasteiger partial charge on any atom is 2.00 e. The molecule has 4 aliphatic rings. The summed E-state index contributed by atoms with van der Waals surface area (Å²) in [5.41, 5.74) is 4.66. The number of fused-ring (bicyclic) bond motifs is 7. The molecule has 0 radical (unpaired) electrons. The number of methoxy groups -OCH3 is 6. The Hall–Kier alpha value is -5.58. The number of H-pyrrole nitrogens is 1. The van der Waals surface area contributed by atoms with E-state index in [-0.39, 0.29) is 111 Å². The number of aromatic amines is 1.